The fourth-order valence-electron chi connectivity index (χ4n) is 4.09. The number of carboxylic acids is 1. The van der Waals surface area contributed by atoms with Crippen molar-refractivity contribution in [1.29, 1.82) is 0 Å². The third-order valence-electron chi connectivity index (χ3n) is 5.64. The monoisotopic (exact) mass is 440 g/mol. The Morgan fingerprint density at radius 1 is 1.29 bits per heavy atom. The number of ether oxygens (including phenoxy) is 2. The molecule has 162 valence electrons. The zero-order valence-corrected chi connectivity index (χ0v) is 18.7. The molecule has 0 amide bonds. The summed E-state index contributed by atoms with van der Waals surface area (Å²) in [5.41, 5.74) is 3.71. The highest BCUT2D eigenvalue weighted by Crippen LogP contribution is 2.43. The van der Waals surface area contributed by atoms with Gasteiger partial charge in [0, 0.05) is 36.4 Å². The van der Waals surface area contributed by atoms with Crippen molar-refractivity contribution in [1.82, 2.24) is 9.55 Å². The van der Waals surface area contributed by atoms with Gasteiger partial charge in [0.1, 0.15) is 16.3 Å². The molecule has 1 aliphatic rings. The molecular formula is C23H24N2O5S. The van der Waals surface area contributed by atoms with Crippen molar-refractivity contribution in [2.75, 3.05) is 14.2 Å². The van der Waals surface area contributed by atoms with E-state index in [1.165, 1.54) is 23.6 Å². The number of aromatic nitrogens is 2. The van der Waals surface area contributed by atoms with Crippen LogP contribution in [0.4, 0.5) is 0 Å². The van der Waals surface area contributed by atoms with E-state index < -0.39 is 11.4 Å². The first-order valence-electron chi connectivity index (χ1n) is 9.98. The molecule has 4 rings (SSSR count). The van der Waals surface area contributed by atoms with Crippen LogP contribution in [0.15, 0.2) is 34.6 Å². The van der Waals surface area contributed by atoms with Crippen LogP contribution in [-0.4, -0.2) is 34.8 Å². The summed E-state index contributed by atoms with van der Waals surface area (Å²) in [6.07, 6.45) is 2.20. The smallest absolute Gasteiger partial charge is 0.341 e. The third-order valence-corrected chi connectivity index (χ3v) is 6.57. The molecule has 0 saturated heterocycles. The van der Waals surface area contributed by atoms with Gasteiger partial charge in [0.25, 0.3) is 0 Å². The maximum absolute atomic E-state index is 12.5. The first-order valence-corrected chi connectivity index (χ1v) is 10.9. The second-order valence-electron chi connectivity index (χ2n) is 7.95. The molecule has 1 atom stereocenters. The van der Waals surface area contributed by atoms with E-state index >= 15 is 0 Å². The Balaban J connectivity index is 1.92. The molecule has 1 unspecified atom stereocenters. The number of thiazole rings is 1. The predicted molar refractivity (Wildman–Crippen MR) is 119 cm³/mol. The highest BCUT2D eigenvalue weighted by atomic mass is 32.1. The molecule has 1 aliphatic heterocycles. The number of rotatable bonds is 6. The second kappa shape index (κ2) is 8.28. The maximum atomic E-state index is 12.5. The second-order valence-corrected chi connectivity index (χ2v) is 8.81. The van der Waals surface area contributed by atoms with Gasteiger partial charge in [-0.15, -0.1) is 11.3 Å². The Kier molecular flexibility index (Phi) is 5.68. The Bertz CT molecular complexity index is 1210. The molecule has 0 fully saturated rings. The highest BCUT2D eigenvalue weighted by molar-refractivity contribution is 7.13. The number of carbonyl (C=O) groups is 1. The lowest BCUT2D eigenvalue weighted by molar-refractivity contribution is 0.0694. The minimum Gasteiger partial charge on any atom is -0.496 e. The minimum atomic E-state index is -1.21. The lowest BCUT2D eigenvalue weighted by Gasteiger charge is -2.33. The summed E-state index contributed by atoms with van der Waals surface area (Å²) < 4.78 is 12.8. The van der Waals surface area contributed by atoms with E-state index in [0.29, 0.717) is 18.1 Å². The van der Waals surface area contributed by atoms with Gasteiger partial charge in [0.05, 0.1) is 30.7 Å². The number of methoxy groups -OCH3 is 2. The van der Waals surface area contributed by atoms with Crippen LogP contribution in [0.5, 0.6) is 5.75 Å². The van der Waals surface area contributed by atoms with Gasteiger partial charge in [-0.2, -0.15) is 0 Å². The fraction of sp³-hybridized carbons (Fsp3) is 0.348. The van der Waals surface area contributed by atoms with Crippen molar-refractivity contribution < 1.29 is 19.4 Å². The zero-order chi connectivity index (χ0) is 22.3. The summed E-state index contributed by atoms with van der Waals surface area (Å²) in [5.74, 6) is -0.312. The SMILES string of the molecule is COCc1csc(-c2cc3c(cc2OC)-c2cc(=O)c(C(=O)O)cn2C(C(C)C)C3)n1. The van der Waals surface area contributed by atoms with Crippen molar-refractivity contribution >= 4 is 17.3 Å². The molecule has 8 heteroatoms. The van der Waals surface area contributed by atoms with Crippen molar-refractivity contribution in [3.05, 3.63) is 56.8 Å². The third kappa shape index (κ3) is 3.77. The van der Waals surface area contributed by atoms with Crippen LogP contribution >= 0.6 is 11.3 Å². The van der Waals surface area contributed by atoms with Crippen LogP contribution in [0.3, 0.4) is 0 Å². The van der Waals surface area contributed by atoms with E-state index in [4.69, 9.17) is 9.47 Å². The molecule has 1 N–H and O–H groups in total. The van der Waals surface area contributed by atoms with E-state index in [1.807, 2.05) is 16.0 Å². The number of hydrogen-bond acceptors (Lipinski definition) is 6. The van der Waals surface area contributed by atoms with Gasteiger partial charge in [-0.25, -0.2) is 9.78 Å². The minimum absolute atomic E-state index is 0.0304. The Labute approximate surface area is 183 Å². The van der Waals surface area contributed by atoms with E-state index in [2.05, 4.69) is 24.9 Å². The Morgan fingerprint density at radius 2 is 2.06 bits per heavy atom. The summed E-state index contributed by atoms with van der Waals surface area (Å²) in [4.78, 5) is 28.7. The van der Waals surface area contributed by atoms with Crippen LogP contribution in [0, 0.1) is 5.92 Å². The van der Waals surface area contributed by atoms with Crippen LogP contribution in [0.25, 0.3) is 21.8 Å². The lowest BCUT2D eigenvalue weighted by Crippen LogP contribution is -2.28. The van der Waals surface area contributed by atoms with Crippen molar-refractivity contribution in [3.8, 4) is 27.6 Å². The van der Waals surface area contributed by atoms with E-state index in [9.17, 15) is 14.7 Å². The maximum Gasteiger partial charge on any atom is 0.341 e. The molecule has 0 aliphatic carbocycles. The number of nitrogens with zero attached hydrogens (tertiary/aromatic N) is 2. The zero-order valence-electron chi connectivity index (χ0n) is 17.8. The average Bonchev–Trinajstić information content (AvgIpc) is 3.20. The van der Waals surface area contributed by atoms with Gasteiger partial charge in [-0.1, -0.05) is 13.8 Å². The summed E-state index contributed by atoms with van der Waals surface area (Å²) in [6.45, 7) is 4.64. The van der Waals surface area contributed by atoms with Crippen LogP contribution < -0.4 is 10.2 Å². The molecule has 0 saturated carbocycles. The van der Waals surface area contributed by atoms with Gasteiger partial charge in [0.2, 0.25) is 0 Å². The lowest BCUT2D eigenvalue weighted by atomic mass is 9.86. The molecule has 3 heterocycles. The number of benzene rings is 1. The Hall–Kier alpha value is -2.97. The number of pyridine rings is 1. The first kappa shape index (κ1) is 21.3. The van der Waals surface area contributed by atoms with Crippen LogP contribution in [0.1, 0.15) is 41.5 Å². The van der Waals surface area contributed by atoms with E-state index in [1.54, 1.807) is 14.2 Å². The van der Waals surface area contributed by atoms with E-state index in [-0.39, 0.29) is 17.5 Å². The van der Waals surface area contributed by atoms with Gasteiger partial charge >= 0.3 is 5.97 Å². The largest absolute Gasteiger partial charge is 0.496 e. The normalized spacial score (nSPS) is 14.9. The molecule has 1 aromatic carbocycles. The quantitative estimate of drug-likeness (QED) is 0.616. The van der Waals surface area contributed by atoms with Crippen LogP contribution in [-0.2, 0) is 17.8 Å². The summed E-state index contributed by atoms with van der Waals surface area (Å²) >= 11 is 1.53. The van der Waals surface area contributed by atoms with Gasteiger partial charge < -0.3 is 19.1 Å². The number of aromatic carboxylic acids is 1. The molecule has 31 heavy (non-hydrogen) atoms. The molecule has 0 spiro atoms. The Morgan fingerprint density at radius 3 is 2.71 bits per heavy atom. The molecule has 2 aromatic heterocycles. The van der Waals surface area contributed by atoms with Gasteiger partial charge in [-0.3, -0.25) is 4.79 Å². The number of carboxylic acid groups (broad SMARTS) is 1. The first-order chi connectivity index (χ1) is 14.8. The topological polar surface area (TPSA) is 90.6 Å². The predicted octanol–water partition coefficient (Wildman–Crippen LogP) is 4.25. The molecule has 7 nitrogen and oxygen atoms in total. The molecular weight excluding hydrogens is 416 g/mol. The molecule has 0 bridgehead atoms. The van der Waals surface area contributed by atoms with E-state index in [0.717, 1.165) is 33.8 Å². The van der Waals surface area contributed by atoms with Crippen LogP contribution in [0.2, 0.25) is 0 Å². The summed E-state index contributed by atoms with van der Waals surface area (Å²) in [7, 11) is 3.25. The number of fused-ring (bicyclic) bond motifs is 3. The standard InChI is InChI=1S/C23H24N2O5S/c1-12(2)18-6-13-5-16(22-24-14(10-29-3)11-31-22)21(30-4)7-15(13)19-8-20(26)17(23(27)28)9-25(18)19/h5,7-9,11-12,18H,6,10H2,1-4H3,(H,27,28). The van der Waals surface area contributed by atoms with Crippen molar-refractivity contribution in [2.24, 2.45) is 5.92 Å². The summed E-state index contributed by atoms with van der Waals surface area (Å²) in [6, 6.07) is 5.46. The molecule has 3 aromatic rings. The van der Waals surface area contributed by atoms with Gasteiger partial charge in [-0.05, 0) is 30.0 Å². The fourth-order valence-corrected chi connectivity index (χ4v) is 4.92. The van der Waals surface area contributed by atoms with Crippen molar-refractivity contribution in [2.45, 2.75) is 32.9 Å². The number of hydrogen-bond donors (Lipinski definition) is 1. The average molecular weight is 441 g/mol. The van der Waals surface area contributed by atoms with Gasteiger partial charge in [0.15, 0.2) is 5.43 Å². The molecule has 0 radical (unpaired) electrons. The summed E-state index contributed by atoms with van der Waals surface area (Å²) in [5, 5.41) is 12.2. The highest BCUT2D eigenvalue weighted by Gasteiger charge is 2.29. The van der Waals surface area contributed by atoms with Crippen molar-refractivity contribution in [3.63, 3.8) is 0 Å².